The van der Waals surface area contributed by atoms with Gasteiger partial charge in [-0.2, -0.15) is 0 Å². The van der Waals surface area contributed by atoms with E-state index in [9.17, 15) is 4.79 Å². The third-order valence-corrected chi connectivity index (χ3v) is 4.09. The number of aromatic nitrogens is 2. The van der Waals surface area contributed by atoms with Crippen molar-refractivity contribution < 1.29 is 14.3 Å². The van der Waals surface area contributed by atoms with Crippen molar-refractivity contribution in [3.8, 4) is 5.69 Å². The highest BCUT2D eigenvalue weighted by Crippen LogP contribution is 2.21. The van der Waals surface area contributed by atoms with Crippen LogP contribution in [0, 0.1) is 0 Å². The lowest BCUT2D eigenvalue weighted by Crippen LogP contribution is -2.34. The van der Waals surface area contributed by atoms with E-state index in [1.807, 2.05) is 34.9 Å². The number of imidazole rings is 1. The summed E-state index contributed by atoms with van der Waals surface area (Å²) >= 11 is 6.06. The quantitative estimate of drug-likeness (QED) is 0.687. The first kappa shape index (κ1) is 17.4. The molecule has 130 valence electrons. The third kappa shape index (κ3) is 3.82. The van der Waals surface area contributed by atoms with Gasteiger partial charge < -0.3 is 14.8 Å². The monoisotopic (exact) mass is 359 g/mol. The molecule has 0 unspecified atom stereocenters. The highest BCUT2D eigenvalue weighted by Gasteiger charge is 2.12. The molecule has 0 bridgehead atoms. The summed E-state index contributed by atoms with van der Waals surface area (Å²) < 4.78 is 12.0. The molecule has 1 amide bonds. The molecule has 0 saturated heterocycles. The Balaban J connectivity index is 1.83. The number of amides is 1. The normalized spacial score (nSPS) is 11.2. The molecule has 1 heterocycles. The number of rotatable bonds is 6. The van der Waals surface area contributed by atoms with Gasteiger partial charge in [0.25, 0.3) is 5.91 Å². The SMILES string of the molecule is COC(CNC(=O)c1ccc2c(c1)ncn2-c1cccc(Cl)c1)OC. The standard InChI is InChI=1S/C18H18ClN3O3/c1-24-17(25-2)10-20-18(23)12-6-7-16-15(8-12)21-11-22(16)14-5-3-4-13(19)9-14/h3-9,11,17H,10H2,1-2H3,(H,20,23). The fraction of sp³-hybridized carbons (Fsp3) is 0.222. The first-order valence-electron chi connectivity index (χ1n) is 7.69. The van der Waals surface area contributed by atoms with Gasteiger partial charge in [-0.15, -0.1) is 0 Å². The second kappa shape index (κ2) is 7.65. The van der Waals surface area contributed by atoms with Crippen molar-refractivity contribution >= 4 is 28.5 Å². The van der Waals surface area contributed by atoms with E-state index in [0.29, 0.717) is 10.6 Å². The summed E-state index contributed by atoms with van der Waals surface area (Å²) in [6.45, 7) is 0.265. The number of ether oxygens (including phenoxy) is 2. The molecule has 3 aromatic rings. The fourth-order valence-electron chi connectivity index (χ4n) is 2.53. The highest BCUT2D eigenvalue weighted by atomic mass is 35.5. The van der Waals surface area contributed by atoms with Crippen LogP contribution in [0.3, 0.4) is 0 Å². The fourth-order valence-corrected chi connectivity index (χ4v) is 2.71. The Kier molecular flexibility index (Phi) is 5.33. The first-order valence-corrected chi connectivity index (χ1v) is 8.07. The van der Waals surface area contributed by atoms with Gasteiger partial charge in [0.2, 0.25) is 0 Å². The van der Waals surface area contributed by atoms with E-state index in [4.69, 9.17) is 21.1 Å². The molecule has 0 saturated carbocycles. The summed E-state index contributed by atoms with van der Waals surface area (Å²) in [5, 5.41) is 3.42. The van der Waals surface area contributed by atoms with Crippen molar-refractivity contribution in [2.24, 2.45) is 0 Å². The van der Waals surface area contributed by atoms with Crippen LogP contribution in [0.1, 0.15) is 10.4 Å². The summed E-state index contributed by atoms with van der Waals surface area (Å²) in [7, 11) is 3.05. The highest BCUT2D eigenvalue weighted by molar-refractivity contribution is 6.30. The van der Waals surface area contributed by atoms with Crippen LogP contribution in [0.2, 0.25) is 5.02 Å². The van der Waals surface area contributed by atoms with E-state index >= 15 is 0 Å². The minimum atomic E-state index is -0.477. The van der Waals surface area contributed by atoms with Gasteiger partial charge in [0, 0.05) is 30.5 Å². The molecule has 0 aliphatic rings. The lowest BCUT2D eigenvalue weighted by molar-refractivity contribution is -0.0974. The van der Waals surface area contributed by atoms with Gasteiger partial charge in [-0.1, -0.05) is 17.7 Å². The lowest BCUT2D eigenvalue weighted by atomic mass is 10.2. The van der Waals surface area contributed by atoms with Gasteiger partial charge in [-0.3, -0.25) is 9.36 Å². The van der Waals surface area contributed by atoms with E-state index in [2.05, 4.69) is 10.3 Å². The summed E-state index contributed by atoms with van der Waals surface area (Å²) in [5.74, 6) is -0.210. The maximum atomic E-state index is 12.3. The van der Waals surface area contributed by atoms with Crippen LogP contribution >= 0.6 is 11.6 Å². The largest absolute Gasteiger partial charge is 0.354 e. The van der Waals surface area contributed by atoms with Crippen molar-refractivity contribution in [2.45, 2.75) is 6.29 Å². The number of nitrogens with zero attached hydrogens (tertiary/aromatic N) is 2. The number of carbonyl (C=O) groups is 1. The molecule has 1 aromatic heterocycles. The predicted molar refractivity (Wildman–Crippen MR) is 96.2 cm³/mol. The summed E-state index contributed by atoms with van der Waals surface area (Å²) in [6, 6.07) is 12.9. The zero-order valence-electron chi connectivity index (χ0n) is 13.9. The number of methoxy groups -OCH3 is 2. The maximum Gasteiger partial charge on any atom is 0.251 e. The van der Waals surface area contributed by atoms with E-state index in [1.54, 1.807) is 18.5 Å². The minimum Gasteiger partial charge on any atom is -0.354 e. The second-order valence-electron chi connectivity index (χ2n) is 5.41. The van der Waals surface area contributed by atoms with Crippen LogP contribution in [0.15, 0.2) is 48.8 Å². The van der Waals surface area contributed by atoms with Crippen molar-refractivity contribution in [1.82, 2.24) is 14.9 Å². The average Bonchev–Trinajstić information content (AvgIpc) is 3.05. The average molecular weight is 360 g/mol. The Morgan fingerprint density at radius 3 is 2.76 bits per heavy atom. The zero-order valence-corrected chi connectivity index (χ0v) is 14.7. The minimum absolute atomic E-state index is 0.210. The third-order valence-electron chi connectivity index (χ3n) is 3.85. The van der Waals surface area contributed by atoms with Crippen molar-refractivity contribution in [1.29, 1.82) is 0 Å². The van der Waals surface area contributed by atoms with Crippen molar-refractivity contribution in [3.05, 3.63) is 59.4 Å². The number of carbonyl (C=O) groups excluding carboxylic acids is 1. The molecule has 0 aliphatic heterocycles. The molecule has 0 fully saturated rings. The molecule has 0 spiro atoms. The van der Waals surface area contributed by atoms with Gasteiger partial charge in [0.15, 0.2) is 6.29 Å². The van der Waals surface area contributed by atoms with Gasteiger partial charge in [-0.25, -0.2) is 4.98 Å². The van der Waals surface area contributed by atoms with Crippen LogP contribution < -0.4 is 5.32 Å². The number of benzene rings is 2. The summed E-state index contributed by atoms with van der Waals surface area (Å²) in [4.78, 5) is 16.7. The Labute approximate surface area is 150 Å². The topological polar surface area (TPSA) is 65.4 Å². The Morgan fingerprint density at radius 1 is 1.24 bits per heavy atom. The number of halogens is 1. The van der Waals surface area contributed by atoms with Crippen LogP contribution in [0.4, 0.5) is 0 Å². The molecule has 6 nitrogen and oxygen atoms in total. The molecule has 0 radical (unpaired) electrons. The van der Waals surface area contributed by atoms with Crippen LogP contribution in [0.5, 0.6) is 0 Å². The second-order valence-corrected chi connectivity index (χ2v) is 5.85. The summed E-state index contributed by atoms with van der Waals surface area (Å²) in [5.41, 5.74) is 3.05. The van der Waals surface area contributed by atoms with Crippen molar-refractivity contribution in [2.75, 3.05) is 20.8 Å². The number of hydrogen-bond acceptors (Lipinski definition) is 4. The van der Waals surface area contributed by atoms with Gasteiger partial charge >= 0.3 is 0 Å². The molecule has 7 heteroatoms. The molecule has 0 aliphatic carbocycles. The van der Waals surface area contributed by atoms with Gasteiger partial charge in [-0.05, 0) is 36.4 Å². The molecule has 25 heavy (non-hydrogen) atoms. The lowest BCUT2D eigenvalue weighted by Gasteiger charge is -2.14. The molecule has 1 N–H and O–H groups in total. The smallest absolute Gasteiger partial charge is 0.251 e. The van der Waals surface area contributed by atoms with Gasteiger partial charge in [0.1, 0.15) is 6.33 Å². The molecular formula is C18H18ClN3O3. The maximum absolute atomic E-state index is 12.3. The number of hydrogen-bond donors (Lipinski definition) is 1. The zero-order chi connectivity index (χ0) is 17.8. The van der Waals surface area contributed by atoms with E-state index in [0.717, 1.165) is 16.7 Å². The molecule has 0 atom stereocenters. The number of fused-ring (bicyclic) bond motifs is 1. The Hall–Kier alpha value is -2.41. The summed E-state index contributed by atoms with van der Waals surface area (Å²) in [6.07, 6.45) is 1.24. The van der Waals surface area contributed by atoms with Gasteiger partial charge in [0.05, 0.1) is 17.6 Å². The van der Waals surface area contributed by atoms with Crippen LogP contribution in [-0.4, -0.2) is 42.5 Å². The first-order chi connectivity index (χ1) is 12.1. The van der Waals surface area contributed by atoms with E-state index in [1.165, 1.54) is 14.2 Å². The molecular weight excluding hydrogens is 342 g/mol. The van der Waals surface area contributed by atoms with Crippen LogP contribution in [-0.2, 0) is 9.47 Å². The predicted octanol–water partition coefficient (Wildman–Crippen LogP) is 3.03. The number of nitrogens with one attached hydrogen (secondary N) is 1. The Bertz CT molecular complexity index is 890. The molecule has 2 aromatic carbocycles. The Morgan fingerprint density at radius 2 is 2.04 bits per heavy atom. The van der Waals surface area contributed by atoms with Crippen molar-refractivity contribution in [3.63, 3.8) is 0 Å². The van der Waals surface area contributed by atoms with E-state index in [-0.39, 0.29) is 12.5 Å². The van der Waals surface area contributed by atoms with Crippen LogP contribution in [0.25, 0.3) is 16.7 Å². The van der Waals surface area contributed by atoms with E-state index < -0.39 is 6.29 Å². The molecule has 3 rings (SSSR count).